The van der Waals surface area contributed by atoms with Crippen LogP contribution < -0.4 is 5.32 Å². The second-order valence-corrected chi connectivity index (χ2v) is 7.13. The van der Waals surface area contributed by atoms with Crippen molar-refractivity contribution >= 4 is 15.9 Å². The molecular weight excluding hydrogens is 338 g/mol. The van der Waals surface area contributed by atoms with Crippen LogP contribution in [0.25, 0.3) is 0 Å². The van der Waals surface area contributed by atoms with Crippen LogP contribution in [0.1, 0.15) is 5.56 Å². The number of amides is 1. The minimum Gasteiger partial charge on any atom is -0.351 e. The molecule has 1 amide bonds. The highest BCUT2D eigenvalue weighted by Gasteiger charge is 2.22. The van der Waals surface area contributed by atoms with E-state index in [1.54, 1.807) is 6.07 Å². The molecule has 0 aliphatic carbocycles. The van der Waals surface area contributed by atoms with Crippen LogP contribution in [0.5, 0.6) is 0 Å². The summed E-state index contributed by atoms with van der Waals surface area (Å²) in [6, 6.07) is 10.3. The van der Waals surface area contributed by atoms with Gasteiger partial charge in [-0.15, -0.1) is 0 Å². The molecular formula is C16H16F2N2O3S. The SMILES string of the molecule is CN(CC(=O)NCc1ccccc1F)S(=O)(=O)c1ccc(F)cc1. The molecule has 0 aliphatic heterocycles. The number of halogens is 2. The van der Waals surface area contributed by atoms with Gasteiger partial charge in [-0.3, -0.25) is 4.79 Å². The number of carbonyl (C=O) groups excluding carboxylic acids is 1. The maximum absolute atomic E-state index is 13.5. The summed E-state index contributed by atoms with van der Waals surface area (Å²) < 4.78 is 51.7. The van der Waals surface area contributed by atoms with Crippen molar-refractivity contribution in [3.8, 4) is 0 Å². The van der Waals surface area contributed by atoms with Gasteiger partial charge >= 0.3 is 0 Å². The molecule has 2 rings (SSSR count). The summed E-state index contributed by atoms with van der Waals surface area (Å²) in [5.41, 5.74) is 0.301. The molecule has 0 saturated heterocycles. The molecule has 2 aromatic rings. The fourth-order valence-electron chi connectivity index (χ4n) is 1.97. The normalized spacial score (nSPS) is 11.5. The molecule has 0 aliphatic rings. The molecule has 0 bridgehead atoms. The Labute approximate surface area is 139 Å². The topological polar surface area (TPSA) is 66.5 Å². The molecule has 2 aromatic carbocycles. The molecule has 0 unspecified atom stereocenters. The van der Waals surface area contributed by atoms with Crippen molar-refractivity contribution in [1.29, 1.82) is 0 Å². The van der Waals surface area contributed by atoms with Crippen molar-refractivity contribution < 1.29 is 22.0 Å². The molecule has 0 fully saturated rings. The predicted molar refractivity (Wildman–Crippen MR) is 84.5 cm³/mol. The zero-order valence-corrected chi connectivity index (χ0v) is 13.7. The Morgan fingerprint density at radius 3 is 2.33 bits per heavy atom. The quantitative estimate of drug-likeness (QED) is 0.862. The number of sulfonamides is 1. The summed E-state index contributed by atoms with van der Waals surface area (Å²) in [6.07, 6.45) is 0. The van der Waals surface area contributed by atoms with Gasteiger partial charge in [0.05, 0.1) is 11.4 Å². The Bertz CT molecular complexity index is 823. The third kappa shape index (κ3) is 4.36. The lowest BCUT2D eigenvalue weighted by Crippen LogP contribution is -2.38. The number of likely N-dealkylation sites (N-methyl/N-ethyl adjacent to an activating group) is 1. The summed E-state index contributed by atoms with van der Waals surface area (Å²) in [7, 11) is -2.67. The maximum atomic E-state index is 13.5. The summed E-state index contributed by atoms with van der Waals surface area (Å²) in [4.78, 5) is 11.8. The van der Waals surface area contributed by atoms with Crippen LogP contribution in [0.2, 0.25) is 0 Å². The third-order valence-corrected chi connectivity index (χ3v) is 5.14. The van der Waals surface area contributed by atoms with Gasteiger partial charge < -0.3 is 5.32 Å². The van der Waals surface area contributed by atoms with Crippen LogP contribution in [0, 0.1) is 11.6 Å². The van der Waals surface area contributed by atoms with Crippen LogP contribution >= 0.6 is 0 Å². The fourth-order valence-corrected chi connectivity index (χ4v) is 3.09. The lowest BCUT2D eigenvalue weighted by atomic mass is 10.2. The number of benzene rings is 2. The van der Waals surface area contributed by atoms with Crippen molar-refractivity contribution in [3.05, 3.63) is 65.7 Å². The van der Waals surface area contributed by atoms with E-state index < -0.39 is 34.1 Å². The Hall–Kier alpha value is -2.32. The van der Waals surface area contributed by atoms with Gasteiger partial charge in [-0.1, -0.05) is 18.2 Å². The van der Waals surface area contributed by atoms with E-state index in [1.165, 1.54) is 25.2 Å². The van der Waals surface area contributed by atoms with E-state index in [2.05, 4.69) is 5.32 Å². The second kappa shape index (κ2) is 7.50. The minimum absolute atomic E-state index is 0.0457. The average Bonchev–Trinajstić information content (AvgIpc) is 2.54. The van der Waals surface area contributed by atoms with Crippen LogP contribution in [0.15, 0.2) is 53.4 Å². The summed E-state index contributed by atoms with van der Waals surface area (Å²) in [6.45, 7) is -0.482. The monoisotopic (exact) mass is 354 g/mol. The molecule has 0 heterocycles. The first-order chi connectivity index (χ1) is 11.3. The summed E-state index contributed by atoms with van der Waals surface area (Å²) in [5.74, 6) is -1.59. The highest BCUT2D eigenvalue weighted by atomic mass is 32.2. The van der Waals surface area contributed by atoms with Gasteiger partial charge in [-0.2, -0.15) is 4.31 Å². The van der Waals surface area contributed by atoms with E-state index in [0.717, 1.165) is 28.6 Å². The molecule has 0 atom stereocenters. The first-order valence-electron chi connectivity index (χ1n) is 7.02. The van der Waals surface area contributed by atoms with E-state index in [9.17, 15) is 22.0 Å². The number of nitrogens with one attached hydrogen (secondary N) is 1. The fraction of sp³-hybridized carbons (Fsp3) is 0.188. The van der Waals surface area contributed by atoms with Crippen LogP contribution in [-0.2, 0) is 21.4 Å². The smallest absolute Gasteiger partial charge is 0.243 e. The van der Waals surface area contributed by atoms with Crippen molar-refractivity contribution in [2.45, 2.75) is 11.4 Å². The van der Waals surface area contributed by atoms with Gasteiger partial charge in [-0.05, 0) is 30.3 Å². The first kappa shape index (κ1) is 18.0. The lowest BCUT2D eigenvalue weighted by molar-refractivity contribution is -0.121. The standard InChI is InChI=1S/C16H16F2N2O3S/c1-20(24(22,23)14-8-6-13(17)7-9-14)11-16(21)19-10-12-4-2-3-5-15(12)18/h2-9H,10-11H2,1H3,(H,19,21). The Kier molecular flexibility index (Phi) is 5.63. The number of rotatable bonds is 6. The lowest BCUT2D eigenvalue weighted by Gasteiger charge is -2.17. The molecule has 5 nitrogen and oxygen atoms in total. The number of carbonyl (C=O) groups is 1. The van der Waals surface area contributed by atoms with Crippen molar-refractivity contribution in [3.63, 3.8) is 0 Å². The zero-order chi connectivity index (χ0) is 17.7. The molecule has 1 N–H and O–H groups in total. The number of nitrogens with zero attached hydrogens (tertiary/aromatic N) is 1. The van der Waals surface area contributed by atoms with Crippen LogP contribution in [0.3, 0.4) is 0 Å². The average molecular weight is 354 g/mol. The largest absolute Gasteiger partial charge is 0.351 e. The highest BCUT2D eigenvalue weighted by molar-refractivity contribution is 7.89. The van der Waals surface area contributed by atoms with Gasteiger partial charge in [0, 0.05) is 19.2 Å². The highest BCUT2D eigenvalue weighted by Crippen LogP contribution is 2.14. The Morgan fingerprint density at radius 2 is 1.71 bits per heavy atom. The Morgan fingerprint density at radius 1 is 1.08 bits per heavy atom. The van der Waals surface area contributed by atoms with Gasteiger partial charge in [0.1, 0.15) is 11.6 Å². The predicted octanol–water partition coefficient (Wildman–Crippen LogP) is 1.90. The maximum Gasteiger partial charge on any atom is 0.243 e. The molecule has 0 spiro atoms. The van der Waals surface area contributed by atoms with Crippen LogP contribution in [-0.4, -0.2) is 32.2 Å². The van der Waals surface area contributed by atoms with Crippen LogP contribution in [0.4, 0.5) is 8.78 Å². The summed E-state index contributed by atoms with van der Waals surface area (Å²) in [5, 5.41) is 2.46. The molecule has 8 heteroatoms. The molecule has 0 radical (unpaired) electrons. The van der Waals surface area contributed by atoms with Gasteiger partial charge in [-0.25, -0.2) is 17.2 Å². The van der Waals surface area contributed by atoms with Crippen molar-refractivity contribution in [2.24, 2.45) is 0 Å². The van der Waals surface area contributed by atoms with Gasteiger partial charge in [0.2, 0.25) is 15.9 Å². The van der Waals surface area contributed by atoms with Gasteiger partial charge in [0.25, 0.3) is 0 Å². The molecule has 0 saturated carbocycles. The second-order valence-electron chi connectivity index (χ2n) is 5.08. The molecule has 24 heavy (non-hydrogen) atoms. The first-order valence-corrected chi connectivity index (χ1v) is 8.47. The molecule has 128 valence electrons. The van der Waals surface area contributed by atoms with Crippen molar-refractivity contribution in [1.82, 2.24) is 9.62 Å². The van der Waals surface area contributed by atoms with E-state index in [4.69, 9.17) is 0 Å². The Balaban J connectivity index is 1.98. The number of hydrogen-bond acceptors (Lipinski definition) is 3. The third-order valence-electron chi connectivity index (χ3n) is 3.32. The number of hydrogen-bond donors (Lipinski definition) is 1. The summed E-state index contributed by atoms with van der Waals surface area (Å²) >= 11 is 0. The van der Waals surface area contributed by atoms with Crippen molar-refractivity contribution in [2.75, 3.05) is 13.6 Å². The molecule has 0 aromatic heterocycles. The van der Waals surface area contributed by atoms with E-state index in [-0.39, 0.29) is 11.4 Å². The van der Waals surface area contributed by atoms with E-state index >= 15 is 0 Å². The zero-order valence-electron chi connectivity index (χ0n) is 12.9. The minimum atomic E-state index is -3.91. The van der Waals surface area contributed by atoms with Gasteiger partial charge in [0.15, 0.2) is 0 Å². The van der Waals surface area contributed by atoms with E-state index in [0.29, 0.717) is 5.56 Å². The van der Waals surface area contributed by atoms with E-state index in [1.807, 2.05) is 0 Å².